The molecule has 0 aromatic carbocycles. The highest BCUT2D eigenvalue weighted by molar-refractivity contribution is 7.47. The molecule has 1 N–H and O–H groups in total. The first-order valence-corrected chi connectivity index (χ1v) is 21.0. The number of carbonyl (C=O) groups is 2. The van der Waals surface area contributed by atoms with Gasteiger partial charge in [0.15, 0.2) is 6.10 Å². The molecule has 0 saturated carbocycles. The summed E-state index contributed by atoms with van der Waals surface area (Å²) in [6.07, 6.45) is 38.4. The maximum Gasteiger partial charge on any atom is 0.472 e. The molecule has 0 aliphatic carbocycles. The van der Waals surface area contributed by atoms with E-state index in [1.54, 1.807) is 0 Å². The first kappa shape index (κ1) is 48.7. The number of phosphoric ester groups is 1. The van der Waals surface area contributed by atoms with E-state index in [0.29, 0.717) is 23.9 Å². The van der Waals surface area contributed by atoms with Gasteiger partial charge in [-0.3, -0.25) is 18.6 Å². The van der Waals surface area contributed by atoms with Crippen LogP contribution in [0.4, 0.5) is 0 Å². The van der Waals surface area contributed by atoms with Crippen LogP contribution in [-0.2, 0) is 32.7 Å². The fourth-order valence-electron chi connectivity index (χ4n) is 4.70. The zero-order valence-corrected chi connectivity index (χ0v) is 33.7. The van der Waals surface area contributed by atoms with Gasteiger partial charge in [-0.1, -0.05) is 107 Å². The molecule has 0 bridgehead atoms. The molecule has 10 heteroatoms. The molecule has 1 unspecified atom stereocenters. The van der Waals surface area contributed by atoms with Crippen molar-refractivity contribution in [3.63, 3.8) is 0 Å². The van der Waals surface area contributed by atoms with E-state index in [-0.39, 0.29) is 26.1 Å². The molecule has 0 fully saturated rings. The molecule has 0 aliphatic heterocycles. The van der Waals surface area contributed by atoms with Crippen LogP contribution in [0.25, 0.3) is 0 Å². The molecular weight excluding hydrogens is 665 g/mol. The summed E-state index contributed by atoms with van der Waals surface area (Å²) in [5, 5.41) is 0. The van der Waals surface area contributed by atoms with Gasteiger partial charge in [0.2, 0.25) is 0 Å². The minimum Gasteiger partial charge on any atom is -0.462 e. The smallest absolute Gasteiger partial charge is 0.462 e. The molecule has 51 heavy (non-hydrogen) atoms. The van der Waals surface area contributed by atoms with Crippen molar-refractivity contribution in [2.75, 3.05) is 47.5 Å². The van der Waals surface area contributed by atoms with Crippen molar-refractivity contribution < 1.29 is 42.1 Å². The number of quaternary nitrogens is 1. The number of ether oxygens (including phenoxy) is 2. The highest BCUT2D eigenvalue weighted by atomic mass is 31.2. The third kappa shape index (κ3) is 37.3. The molecule has 0 saturated heterocycles. The van der Waals surface area contributed by atoms with Gasteiger partial charge in [-0.2, -0.15) is 0 Å². The molecule has 0 aliphatic rings. The minimum absolute atomic E-state index is 0.0207. The van der Waals surface area contributed by atoms with E-state index in [1.807, 2.05) is 21.1 Å². The normalized spacial score (nSPS) is 14.4. The predicted molar refractivity (Wildman–Crippen MR) is 210 cm³/mol. The monoisotopic (exact) mass is 739 g/mol. The molecule has 0 rings (SSSR count). The average molecular weight is 739 g/mol. The Morgan fingerprint density at radius 3 is 1.73 bits per heavy atom. The van der Waals surface area contributed by atoms with E-state index >= 15 is 0 Å². The number of carbonyl (C=O) groups excluding carboxylic acids is 2. The lowest BCUT2D eigenvalue weighted by Gasteiger charge is -2.24. The lowest BCUT2D eigenvalue weighted by molar-refractivity contribution is -0.870. The molecule has 0 heterocycles. The maximum atomic E-state index is 12.6. The van der Waals surface area contributed by atoms with E-state index < -0.39 is 32.5 Å². The topological polar surface area (TPSA) is 108 Å². The second kappa shape index (κ2) is 33.5. The molecular formula is C41H73NO8P+. The lowest BCUT2D eigenvalue weighted by atomic mass is 10.1. The van der Waals surface area contributed by atoms with Crippen LogP contribution in [0.3, 0.4) is 0 Å². The van der Waals surface area contributed by atoms with Gasteiger partial charge in [0.05, 0.1) is 27.7 Å². The number of phosphoric acid groups is 1. The van der Waals surface area contributed by atoms with Gasteiger partial charge in [0.1, 0.15) is 19.8 Å². The second-order valence-electron chi connectivity index (χ2n) is 13.9. The van der Waals surface area contributed by atoms with Crippen LogP contribution in [0.2, 0.25) is 0 Å². The molecule has 0 aromatic heterocycles. The molecule has 2 atom stereocenters. The summed E-state index contributed by atoms with van der Waals surface area (Å²) in [6.45, 7) is 4.19. The highest BCUT2D eigenvalue weighted by Crippen LogP contribution is 2.43. The highest BCUT2D eigenvalue weighted by Gasteiger charge is 2.27. The third-order valence-electron chi connectivity index (χ3n) is 7.78. The summed E-state index contributed by atoms with van der Waals surface area (Å²) in [6, 6.07) is 0. The van der Waals surface area contributed by atoms with Crippen LogP contribution in [0.1, 0.15) is 136 Å². The Morgan fingerprint density at radius 1 is 0.627 bits per heavy atom. The van der Waals surface area contributed by atoms with Crippen molar-refractivity contribution in [3.8, 4) is 0 Å². The first-order valence-electron chi connectivity index (χ1n) is 19.5. The van der Waals surface area contributed by atoms with Crippen molar-refractivity contribution >= 4 is 19.8 Å². The fraction of sp³-hybridized carbons (Fsp3) is 0.707. The average Bonchev–Trinajstić information content (AvgIpc) is 3.07. The predicted octanol–water partition coefficient (Wildman–Crippen LogP) is 10.5. The van der Waals surface area contributed by atoms with Crippen molar-refractivity contribution in [2.45, 2.75) is 142 Å². The van der Waals surface area contributed by atoms with E-state index in [0.717, 1.165) is 77.0 Å². The summed E-state index contributed by atoms with van der Waals surface area (Å²) >= 11 is 0. The quantitative estimate of drug-likeness (QED) is 0.0229. The van der Waals surface area contributed by atoms with Crippen LogP contribution in [0, 0.1) is 0 Å². The molecule has 0 radical (unpaired) electrons. The largest absolute Gasteiger partial charge is 0.472 e. The van der Waals surface area contributed by atoms with Gasteiger partial charge in [-0.25, -0.2) is 4.57 Å². The Kier molecular flexibility index (Phi) is 32.0. The number of rotatable bonds is 34. The number of likely N-dealkylation sites (N-methyl/N-ethyl adjacent to an activating group) is 1. The molecule has 0 aromatic rings. The zero-order valence-electron chi connectivity index (χ0n) is 32.8. The number of nitrogens with zero attached hydrogens (tertiary/aromatic N) is 1. The van der Waals surface area contributed by atoms with Gasteiger partial charge in [-0.05, 0) is 77.0 Å². The number of hydrogen-bond acceptors (Lipinski definition) is 7. The Labute approximate surface area is 311 Å². The minimum atomic E-state index is -4.38. The first-order chi connectivity index (χ1) is 24.5. The summed E-state index contributed by atoms with van der Waals surface area (Å²) in [5.74, 6) is -0.866. The molecule has 0 amide bonds. The van der Waals surface area contributed by atoms with Crippen LogP contribution < -0.4 is 0 Å². The number of esters is 2. The Bertz CT molecular complexity index is 1060. The van der Waals surface area contributed by atoms with Gasteiger partial charge < -0.3 is 18.9 Å². The Hall–Kier alpha value is -2.29. The summed E-state index contributed by atoms with van der Waals surface area (Å²) in [4.78, 5) is 35.2. The van der Waals surface area contributed by atoms with Crippen molar-refractivity contribution in [1.29, 1.82) is 0 Å². The van der Waals surface area contributed by atoms with Crippen molar-refractivity contribution in [3.05, 3.63) is 60.8 Å². The van der Waals surface area contributed by atoms with Gasteiger partial charge in [-0.15, -0.1) is 0 Å². The molecule has 294 valence electrons. The summed E-state index contributed by atoms with van der Waals surface area (Å²) in [5.41, 5.74) is 0. The summed E-state index contributed by atoms with van der Waals surface area (Å²) < 4.78 is 34.1. The van der Waals surface area contributed by atoms with Crippen molar-refractivity contribution in [1.82, 2.24) is 0 Å². The van der Waals surface area contributed by atoms with E-state index in [4.69, 9.17) is 18.5 Å². The van der Waals surface area contributed by atoms with Gasteiger partial charge in [0.25, 0.3) is 0 Å². The Morgan fingerprint density at radius 2 is 1.12 bits per heavy atom. The Balaban J connectivity index is 4.53. The summed E-state index contributed by atoms with van der Waals surface area (Å²) in [7, 11) is 1.44. The number of hydrogen-bond donors (Lipinski definition) is 1. The SMILES string of the molecule is CC/C=C/C/C=C/C/C=C/C/C=C/CCCCC(=O)OC[C@H](COP(=O)(O)OCC[N+](C)(C)C)OC(=O)CCCCCCC/C=C/CCCCC. The zero-order chi connectivity index (χ0) is 37.9. The van der Waals surface area contributed by atoms with Crippen LogP contribution in [0.15, 0.2) is 60.8 Å². The van der Waals surface area contributed by atoms with Gasteiger partial charge >= 0.3 is 19.8 Å². The van der Waals surface area contributed by atoms with Crippen LogP contribution in [-0.4, -0.2) is 74.9 Å². The van der Waals surface area contributed by atoms with E-state index in [1.165, 1.54) is 19.3 Å². The lowest BCUT2D eigenvalue weighted by Crippen LogP contribution is -2.37. The van der Waals surface area contributed by atoms with Crippen molar-refractivity contribution in [2.24, 2.45) is 0 Å². The molecule has 9 nitrogen and oxygen atoms in total. The standard InChI is InChI=1S/C41H72NO8P/c1-6-8-10-12-14-16-18-20-21-22-24-25-27-29-31-33-40(43)47-37-39(38-49-51(45,46)48-36-35-42(3,4)5)50-41(44)34-32-30-28-26-23-19-17-15-13-11-9-7-2/h8,10,14-17,20-21,24-25,39H,6-7,9,11-13,18-19,22-23,26-38H2,1-5H3/p+1/b10-8+,16-14+,17-15+,21-20+,25-24+/t39-/m1/s1. The maximum absolute atomic E-state index is 12.6. The second-order valence-corrected chi connectivity index (χ2v) is 15.4. The third-order valence-corrected chi connectivity index (χ3v) is 8.77. The molecule has 0 spiro atoms. The fourth-order valence-corrected chi connectivity index (χ4v) is 5.44. The van der Waals surface area contributed by atoms with Gasteiger partial charge in [0, 0.05) is 12.8 Å². The number of allylic oxidation sites excluding steroid dienone is 10. The number of unbranched alkanes of at least 4 members (excludes halogenated alkanes) is 10. The van der Waals surface area contributed by atoms with Crippen LogP contribution >= 0.6 is 7.82 Å². The van der Waals surface area contributed by atoms with E-state index in [9.17, 15) is 19.0 Å². The van der Waals surface area contributed by atoms with E-state index in [2.05, 4.69) is 74.6 Å². The van der Waals surface area contributed by atoms with Crippen LogP contribution in [0.5, 0.6) is 0 Å².